The van der Waals surface area contributed by atoms with Gasteiger partial charge in [0, 0.05) is 23.8 Å². The number of nitrogens with zero attached hydrogens (tertiary/aromatic N) is 2. The highest BCUT2D eigenvalue weighted by Gasteiger charge is 2.22. The van der Waals surface area contributed by atoms with Gasteiger partial charge in [-0.05, 0) is 31.9 Å². The van der Waals surface area contributed by atoms with Crippen molar-refractivity contribution in [2.24, 2.45) is 11.5 Å². The molecule has 1 unspecified atom stereocenters. The molecule has 132 valence electrons. The van der Waals surface area contributed by atoms with Crippen molar-refractivity contribution >= 4 is 23.1 Å². The number of benzene rings is 1. The fraction of sp³-hybridized carbons (Fsp3) is 0.389. The molecule has 3 rings (SSSR count). The fourth-order valence-corrected chi connectivity index (χ4v) is 3.06. The molecule has 1 aliphatic rings. The van der Waals surface area contributed by atoms with Crippen molar-refractivity contribution in [3.63, 3.8) is 0 Å². The molecule has 0 bridgehead atoms. The molecule has 7 heteroatoms. The van der Waals surface area contributed by atoms with Crippen LogP contribution in [0.1, 0.15) is 41.7 Å². The average molecular weight is 340 g/mol. The zero-order valence-corrected chi connectivity index (χ0v) is 14.3. The Bertz CT molecular complexity index is 746. The fourth-order valence-electron chi connectivity index (χ4n) is 3.06. The van der Waals surface area contributed by atoms with Crippen LogP contribution in [-0.2, 0) is 0 Å². The Hall–Kier alpha value is -2.67. The monoisotopic (exact) mass is 340 g/mol. The Labute approximate surface area is 147 Å². The van der Waals surface area contributed by atoms with E-state index in [4.69, 9.17) is 11.5 Å². The molecule has 1 heterocycles. The Morgan fingerprint density at radius 2 is 1.88 bits per heavy atom. The SMILES string of the molecule is Cc1ccc(Nc2cc(NC3CCCC[C@@H]3N)nnc2C(N)=O)cc1. The predicted octanol–water partition coefficient (Wildman–Crippen LogP) is 2.31. The summed E-state index contributed by atoms with van der Waals surface area (Å²) in [5, 5.41) is 14.6. The third-order valence-corrected chi connectivity index (χ3v) is 4.51. The zero-order chi connectivity index (χ0) is 17.8. The van der Waals surface area contributed by atoms with Gasteiger partial charge in [0.1, 0.15) is 0 Å². The number of rotatable bonds is 5. The van der Waals surface area contributed by atoms with Crippen molar-refractivity contribution in [1.82, 2.24) is 10.2 Å². The minimum Gasteiger partial charge on any atom is -0.364 e. The first kappa shape index (κ1) is 17.2. The number of primary amides is 1. The van der Waals surface area contributed by atoms with Crippen LogP contribution in [0.3, 0.4) is 0 Å². The smallest absolute Gasteiger partial charge is 0.271 e. The molecule has 0 radical (unpaired) electrons. The van der Waals surface area contributed by atoms with E-state index in [1.54, 1.807) is 6.07 Å². The van der Waals surface area contributed by atoms with E-state index >= 15 is 0 Å². The van der Waals surface area contributed by atoms with Crippen molar-refractivity contribution in [3.8, 4) is 0 Å². The molecular weight excluding hydrogens is 316 g/mol. The maximum atomic E-state index is 11.7. The Morgan fingerprint density at radius 1 is 1.16 bits per heavy atom. The number of hydrogen-bond acceptors (Lipinski definition) is 6. The lowest BCUT2D eigenvalue weighted by atomic mass is 9.91. The lowest BCUT2D eigenvalue weighted by Crippen LogP contribution is -2.42. The van der Waals surface area contributed by atoms with Crippen molar-refractivity contribution in [1.29, 1.82) is 0 Å². The molecule has 25 heavy (non-hydrogen) atoms. The molecule has 0 saturated heterocycles. The van der Waals surface area contributed by atoms with E-state index in [1.807, 2.05) is 31.2 Å². The molecule has 1 fully saturated rings. The summed E-state index contributed by atoms with van der Waals surface area (Å²) >= 11 is 0. The topological polar surface area (TPSA) is 119 Å². The van der Waals surface area contributed by atoms with Crippen molar-refractivity contribution in [2.75, 3.05) is 10.6 Å². The van der Waals surface area contributed by atoms with E-state index in [1.165, 1.54) is 0 Å². The quantitative estimate of drug-likeness (QED) is 0.663. The number of aryl methyl sites for hydroxylation is 1. The number of carbonyl (C=O) groups excluding carboxylic acids is 1. The molecule has 7 nitrogen and oxygen atoms in total. The number of nitrogens with two attached hydrogens (primary N) is 2. The highest BCUT2D eigenvalue weighted by atomic mass is 16.1. The lowest BCUT2D eigenvalue weighted by Gasteiger charge is -2.29. The van der Waals surface area contributed by atoms with Gasteiger partial charge in [0.25, 0.3) is 5.91 Å². The van der Waals surface area contributed by atoms with Gasteiger partial charge >= 0.3 is 0 Å². The van der Waals surface area contributed by atoms with E-state index in [9.17, 15) is 4.79 Å². The highest BCUT2D eigenvalue weighted by Crippen LogP contribution is 2.24. The number of hydrogen-bond donors (Lipinski definition) is 4. The molecule has 2 atom stereocenters. The maximum absolute atomic E-state index is 11.7. The van der Waals surface area contributed by atoms with Crippen LogP contribution < -0.4 is 22.1 Å². The van der Waals surface area contributed by atoms with Gasteiger partial charge in [-0.1, -0.05) is 30.5 Å². The normalized spacial score (nSPS) is 20.1. The molecule has 1 saturated carbocycles. The van der Waals surface area contributed by atoms with Gasteiger partial charge in [0.2, 0.25) is 0 Å². The van der Waals surface area contributed by atoms with Gasteiger partial charge in [-0.25, -0.2) is 0 Å². The second kappa shape index (κ2) is 7.48. The van der Waals surface area contributed by atoms with Crippen LogP contribution in [0.15, 0.2) is 30.3 Å². The van der Waals surface area contributed by atoms with E-state index < -0.39 is 5.91 Å². The summed E-state index contributed by atoms with van der Waals surface area (Å²) < 4.78 is 0. The summed E-state index contributed by atoms with van der Waals surface area (Å²) in [7, 11) is 0. The highest BCUT2D eigenvalue weighted by molar-refractivity contribution is 5.97. The Balaban J connectivity index is 1.83. The van der Waals surface area contributed by atoms with Crippen LogP contribution in [0, 0.1) is 6.92 Å². The molecule has 1 aliphatic carbocycles. The second-order valence-electron chi connectivity index (χ2n) is 6.55. The molecule has 1 aromatic heterocycles. The lowest BCUT2D eigenvalue weighted by molar-refractivity contribution is 0.0995. The van der Waals surface area contributed by atoms with Gasteiger partial charge < -0.3 is 22.1 Å². The maximum Gasteiger partial charge on any atom is 0.271 e. The first-order valence-electron chi connectivity index (χ1n) is 8.56. The number of aromatic nitrogens is 2. The molecule has 2 aromatic rings. The average Bonchev–Trinajstić information content (AvgIpc) is 2.59. The summed E-state index contributed by atoms with van der Waals surface area (Å²) in [4.78, 5) is 11.7. The molecule has 1 amide bonds. The van der Waals surface area contributed by atoms with Gasteiger partial charge in [0.15, 0.2) is 11.5 Å². The Kier molecular flexibility index (Phi) is 5.14. The molecule has 0 aliphatic heterocycles. The zero-order valence-electron chi connectivity index (χ0n) is 14.3. The van der Waals surface area contributed by atoms with Crippen LogP contribution in [-0.4, -0.2) is 28.2 Å². The van der Waals surface area contributed by atoms with Crippen LogP contribution in [0.4, 0.5) is 17.2 Å². The molecule has 6 N–H and O–H groups in total. The van der Waals surface area contributed by atoms with Gasteiger partial charge in [-0.15, -0.1) is 10.2 Å². The standard InChI is InChI=1S/C18H24N6O/c1-11-6-8-12(9-7-11)21-15-10-16(23-24-17(15)18(20)25)22-14-5-3-2-4-13(14)19/h6-10,13-14H,2-5,19H2,1H3,(H2,20,25)(H2,21,22,23)/t13-,14?/m0/s1. The van der Waals surface area contributed by atoms with Crippen molar-refractivity contribution < 1.29 is 4.79 Å². The largest absolute Gasteiger partial charge is 0.364 e. The van der Waals surface area contributed by atoms with Crippen LogP contribution in [0.5, 0.6) is 0 Å². The summed E-state index contributed by atoms with van der Waals surface area (Å²) in [5.74, 6) is -0.0370. The third-order valence-electron chi connectivity index (χ3n) is 4.51. The predicted molar refractivity (Wildman–Crippen MR) is 98.9 cm³/mol. The first-order chi connectivity index (χ1) is 12.0. The van der Waals surface area contributed by atoms with Crippen molar-refractivity contribution in [3.05, 3.63) is 41.6 Å². The summed E-state index contributed by atoms with van der Waals surface area (Å²) in [5.41, 5.74) is 14.2. The van der Waals surface area contributed by atoms with E-state index in [0.717, 1.165) is 36.9 Å². The van der Waals surface area contributed by atoms with Gasteiger partial charge in [-0.3, -0.25) is 4.79 Å². The van der Waals surface area contributed by atoms with Gasteiger partial charge in [0.05, 0.1) is 5.69 Å². The minimum absolute atomic E-state index is 0.0971. The third kappa shape index (κ3) is 4.24. The number of anilines is 3. The molecule has 0 spiro atoms. The summed E-state index contributed by atoms with van der Waals surface area (Å²) in [6.07, 6.45) is 4.30. The minimum atomic E-state index is -0.622. The number of amides is 1. The molecular formula is C18H24N6O. The van der Waals surface area contributed by atoms with E-state index in [0.29, 0.717) is 11.5 Å². The summed E-state index contributed by atoms with van der Waals surface area (Å²) in [6.45, 7) is 2.02. The number of carbonyl (C=O) groups is 1. The van der Waals surface area contributed by atoms with Crippen LogP contribution >= 0.6 is 0 Å². The molecule has 1 aromatic carbocycles. The second-order valence-corrected chi connectivity index (χ2v) is 6.55. The summed E-state index contributed by atoms with van der Waals surface area (Å²) in [6, 6.07) is 9.86. The number of nitrogens with one attached hydrogen (secondary N) is 2. The van der Waals surface area contributed by atoms with Gasteiger partial charge in [-0.2, -0.15) is 0 Å². The Morgan fingerprint density at radius 3 is 2.56 bits per heavy atom. The van der Waals surface area contributed by atoms with E-state index in [-0.39, 0.29) is 17.8 Å². The first-order valence-corrected chi connectivity index (χ1v) is 8.56. The van der Waals surface area contributed by atoms with Crippen LogP contribution in [0.25, 0.3) is 0 Å². The van der Waals surface area contributed by atoms with Crippen molar-refractivity contribution in [2.45, 2.75) is 44.7 Å². The van der Waals surface area contributed by atoms with E-state index in [2.05, 4.69) is 20.8 Å². The van der Waals surface area contributed by atoms with Crippen LogP contribution in [0.2, 0.25) is 0 Å².